The zero-order valence-corrected chi connectivity index (χ0v) is 7.40. The number of hydrogen-bond donors (Lipinski definition) is 1. The number of hydrogen-bond acceptors (Lipinski definition) is 2. The van der Waals surface area contributed by atoms with Crippen LogP contribution in [0.2, 0.25) is 0 Å². The van der Waals surface area contributed by atoms with Crippen molar-refractivity contribution in [1.82, 2.24) is 0 Å². The lowest BCUT2D eigenvalue weighted by Gasteiger charge is -2.29. The van der Waals surface area contributed by atoms with E-state index in [4.69, 9.17) is 5.11 Å². The first kappa shape index (κ1) is 9.62. The molecule has 4 heteroatoms. The van der Waals surface area contributed by atoms with E-state index in [9.17, 15) is 9.00 Å². The van der Waals surface area contributed by atoms with Crippen molar-refractivity contribution in [1.29, 1.82) is 0 Å². The number of carboxylic acid groups (broad SMARTS) is 1. The molecule has 0 radical (unpaired) electrons. The lowest BCUT2D eigenvalue weighted by atomic mass is 10.8. The van der Waals surface area contributed by atoms with Crippen molar-refractivity contribution in [2.75, 3.05) is 24.0 Å². The summed E-state index contributed by atoms with van der Waals surface area (Å²) in [6.45, 7) is 1.75. The van der Waals surface area contributed by atoms with E-state index in [0.717, 1.165) is 0 Å². The summed E-state index contributed by atoms with van der Waals surface area (Å²) >= 11 is 0. The van der Waals surface area contributed by atoms with Gasteiger partial charge in [0.15, 0.2) is 0 Å². The number of carbonyl (C=O) groups is 1. The van der Waals surface area contributed by atoms with Crippen molar-refractivity contribution < 1.29 is 14.1 Å². The van der Waals surface area contributed by atoms with Gasteiger partial charge >= 0.3 is 5.97 Å². The Balaban J connectivity index is 4.41. The normalized spacial score (nSPS) is 15.7. The highest BCUT2D eigenvalue weighted by Crippen LogP contribution is 2.15. The summed E-state index contributed by atoms with van der Waals surface area (Å²) in [5.74, 6) is -0.763. The SMILES string of the molecule is CCS(C)(C)(=O)CC(=O)O. The van der Waals surface area contributed by atoms with Crippen molar-refractivity contribution in [3.8, 4) is 0 Å². The van der Waals surface area contributed by atoms with Gasteiger partial charge in [-0.15, -0.1) is 0 Å². The third-order valence-corrected chi connectivity index (χ3v) is 4.42. The van der Waals surface area contributed by atoms with Crippen LogP contribution in [0.3, 0.4) is 0 Å². The number of aliphatic carboxylic acids is 1. The highest BCUT2D eigenvalue weighted by Gasteiger charge is 2.25. The van der Waals surface area contributed by atoms with Gasteiger partial charge in [0.05, 0.1) is 0 Å². The van der Waals surface area contributed by atoms with Crippen LogP contribution in [0.4, 0.5) is 0 Å². The average Bonchev–Trinajstić information content (AvgIpc) is 1.61. The molecule has 0 saturated heterocycles. The second kappa shape index (κ2) is 2.34. The Kier molecular flexibility index (Phi) is 2.25. The summed E-state index contributed by atoms with van der Waals surface area (Å²) in [7, 11) is -2.82. The highest BCUT2D eigenvalue weighted by atomic mass is 32.3. The Hall–Kier alpha value is -0.380. The van der Waals surface area contributed by atoms with Crippen LogP contribution in [0.25, 0.3) is 0 Å². The molecule has 0 heterocycles. The molecule has 62 valence electrons. The standard InChI is InChI=1S/C6H14O3S/c1-4-10(2,3,9)5-6(7)8/h4-5H2,1-3H3,(H,7,8). The molecular weight excluding hydrogens is 152 g/mol. The Labute approximate surface area is 60.8 Å². The fourth-order valence-corrected chi connectivity index (χ4v) is 1.46. The van der Waals surface area contributed by atoms with Gasteiger partial charge in [0.25, 0.3) is 0 Å². The molecule has 0 aromatic carbocycles. The Morgan fingerprint density at radius 1 is 1.50 bits per heavy atom. The quantitative estimate of drug-likeness (QED) is 0.650. The molecule has 0 aromatic rings. The molecule has 0 aliphatic heterocycles. The lowest BCUT2D eigenvalue weighted by molar-refractivity contribution is -0.134. The third kappa shape index (κ3) is 3.61. The van der Waals surface area contributed by atoms with Crippen LogP contribution < -0.4 is 0 Å². The van der Waals surface area contributed by atoms with E-state index in [1.807, 2.05) is 0 Å². The van der Waals surface area contributed by atoms with Crippen LogP contribution in [-0.4, -0.2) is 39.3 Å². The van der Waals surface area contributed by atoms with E-state index in [2.05, 4.69) is 0 Å². The monoisotopic (exact) mass is 166 g/mol. The van der Waals surface area contributed by atoms with Crippen LogP contribution in [0.15, 0.2) is 0 Å². The Morgan fingerprint density at radius 3 is 2.00 bits per heavy atom. The lowest BCUT2D eigenvalue weighted by Crippen LogP contribution is -2.39. The maximum Gasteiger partial charge on any atom is 0.314 e. The first-order chi connectivity index (χ1) is 4.24. The van der Waals surface area contributed by atoms with Crippen molar-refractivity contribution in [3.63, 3.8) is 0 Å². The highest BCUT2D eigenvalue weighted by molar-refractivity contribution is 8.19. The third-order valence-electron chi connectivity index (χ3n) is 1.47. The van der Waals surface area contributed by atoms with Gasteiger partial charge in [-0.25, -0.2) is 0 Å². The van der Waals surface area contributed by atoms with Gasteiger partial charge in [-0.2, -0.15) is 0 Å². The van der Waals surface area contributed by atoms with Gasteiger partial charge in [-0.3, -0.25) is 9.00 Å². The predicted molar refractivity (Wildman–Crippen MR) is 43.0 cm³/mol. The van der Waals surface area contributed by atoms with E-state index in [1.165, 1.54) is 12.5 Å². The van der Waals surface area contributed by atoms with Crippen LogP contribution >= 0.6 is 0 Å². The number of carboxylic acids is 1. The van der Waals surface area contributed by atoms with Gasteiger partial charge in [-0.1, -0.05) is 16.0 Å². The van der Waals surface area contributed by atoms with E-state index >= 15 is 0 Å². The zero-order chi connectivity index (χ0) is 8.44. The molecule has 1 N–H and O–H groups in total. The minimum Gasteiger partial charge on any atom is -0.481 e. The smallest absolute Gasteiger partial charge is 0.314 e. The van der Waals surface area contributed by atoms with Crippen LogP contribution in [0.5, 0.6) is 0 Å². The zero-order valence-electron chi connectivity index (χ0n) is 6.59. The second-order valence-electron chi connectivity index (χ2n) is 3.16. The Morgan fingerprint density at radius 2 is 1.90 bits per heavy atom. The molecule has 0 unspecified atom stereocenters. The predicted octanol–water partition coefficient (Wildman–Crippen LogP) is 0.171. The van der Waals surface area contributed by atoms with Gasteiger partial charge in [0.2, 0.25) is 0 Å². The summed E-state index contributed by atoms with van der Waals surface area (Å²) < 4.78 is 11.6. The minimum absolute atomic E-state index is 0.215. The van der Waals surface area contributed by atoms with Crippen LogP contribution in [0, 0.1) is 0 Å². The first-order valence-corrected chi connectivity index (χ1v) is 6.17. The fourth-order valence-electron chi connectivity index (χ4n) is 0.487. The fraction of sp³-hybridized carbons (Fsp3) is 0.833. The largest absolute Gasteiger partial charge is 0.481 e. The van der Waals surface area contributed by atoms with Crippen molar-refractivity contribution in [3.05, 3.63) is 0 Å². The summed E-state index contributed by atoms with van der Waals surface area (Å²) in [6, 6.07) is 0. The molecule has 0 rings (SSSR count). The molecule has 0 spiro atoms. The summed E-state index contributed by atoms with van der Waals surface area (Å²) in [4.78, 5) is 10.2. The maximum atomic E-state index is 11.6. The summed E-state index contributed by atoms with van der Waals surface area (Å²) in [5.41, 5.74) is 0. The van der Waals surface area contributed by atoms with Crippen molar-refractivity contribution in [2.45, 2.75) is 6.92 Å². The average molecular weight is 166 g/mol. The van der Waals surface area contributed by atoms with Gasteiger partial charge in [0, 0.05) is 5.75 Å². The van der Waals surface area contributed by atoms with Crippen molar-refractivity contribution in [2.24, 2.45) is 0 Å². The maximum absolute atomic E-state index is 11.6. The van der Waals surface area contributed by atoms with Crippen LogP contribution in [0.1, 0.15) is 6.92 Å². The van der Waals surface area contributed by atoms with Gasteiger partial charge < -0.3 is 5.11 Å². The Bertz CT molecular complexity index is 201. The molecule has 0 fully saturated rings. The molecule has 0 aromatic heterocycles. The molecule has 0 bridgehead atoms. The van der Waals surface area contributed by atoms with Gasteiger partial charge in [-0.05, 0) is 12.5 Å². The van der Waals surface area contributed by atoms with Crippen molar-refractivity contribution >= 4 is 15.0 Å². The molecule has 3 nitrogen and oxygen atoms in total. The number of rotatable bonds is 3. The topological polar surface area (TPSA) is 54.4 Å². The molecule has 0 atom stereocenters. The molecule has 10 heavy (non-hydrogen) atoms. The molecule has 0 amide bonds. The molecule has 0 aliphatic rings. The van der Waals surface area contributed by atoms with Crippen LogP contribution in [-0.2, 0) is 13.9 Å². The molecule has 0 saturated carbocycles. The summed E-state index contributed by atoms with van der Waals surface area (Å²) in [6.07, 6.45) is 3.07. The molecular formula is C6H14O3S. The first-order valence-electron chi connectivity index (χ1n) is 3.05. The van der Waals surface area contributed by atoms with E-state index < -0.39 is 15.0 Å². The molecule has 0 aliphatic carbocycles. The summed E-state index contributed by atoms with van der Waals surface area (Å²) in [5, 5.41) is 8.37. The van der Waals surface area contributed by atoms with E-state index in [-0.39, 0.29) is 5.75 Å². The van der Waals surface area contributed by atoms with E-state index in [1.54, 1.807) is 6.92 Å². The van der Waals surface area contributed by atoms with Gasteiger partial charge in [0.1, 0.15) is 5.75 Å². The second-order valence-corrected chi connectivity index (χ2v) is 8.70. The van der Waals surface area contributed by atoms with E-state index in [0.29, 0.717) is 5.75 Å². The minimum atomic E-state index is -2.82.